The topological polar surface area (TPSA) is 145 Å². The summed E-state index contributed by atoms with van der Waals surface area (Å²) >= 11 is 3.46. The van der Waals surface area contributed by atoms with Crippen LogP contribution in [-0.4, -0.2) is 77.3 Å². The fourth-order valence-electron chi connectivity index (χ4n) is 8.56. The normalized spacial score (nSPS) is 19.9. The van der Waals surface area contributed by atoms with E-state index in [1.165, 1.54) is 4.90 Å². The molecular weight excluding hydrogens is 778 g/mol. The Bertz CT molecular complexity index is 1850. The maximum atomic E-state index is 14.0. The van der Waals surface area contributed by atoms with Gasteiger partial charge in [0, 0.05) is 28.9 Å². The number of fused-ring (bicyclic) bond motifs is 1. The number of aromatic hydroxyl groups is 1. The van der Waals surface area contributed by atoms with Crippen molar-refractivity contribution in [2.75, 3.05) is 19.8 Å². The molecule has 1 fully saturated rings. The van der Waals surface area contributed by atoms with Gasteiger partial charge in [0.05, 0.1) is 31.2 Å². The first-order chi connectivity index (χ1) is 26.2. The van der Waals surface area contributed by atoms with Crippen LogP contribution in [0, 0.1) is 17.8 Å². The number of carbonyl (C=O) groups is 3. The Morgan fingerprint density at radius 1 is 0.964 bits per heavy atom. The van der Waals surface area contributed by atoms with Gasteiger partial charge >= 0.3 is 5.97 Å². The minimum Gasteiger partial charge on any atom is -0.507 e. The number of unbranched alkanes of at least 4 members (excludes halogenated alkanes) is 2. The standard InChI is InChI=1S/C44H54BrNO8Si/c1-29(24-30-25-32(45)20-22-37(30)48)19-21-38(49)40-31(26-35-41(36(40)27-47)43(53)46(42(35)52)23-13-7-12-18-39(50)51)28-54-55(44(2,3)4,33-14-8-5-9-15-33)34-16-10-6-11-17-34/h5-6,8-11,14-17,20,22,24-25,35-36,38,41,47-49H,7,12-13,18-19,21,23,26-28H2,1-4H3,(H,50,51)/b29-24+/t35-,36+,38-,41-/m1/s1. The number of carbonyl (C=O) groups excluding carboxylic acids is 2. The fourth-order valence-corrected chi connectivity index (χ4v) is 13.5. The molecule has 55 heavy (non-hydrogen) atoms. The Balaban J connectivity index is 1.52. The fraction of sp³-hybridized carbons (Fsp3) is 0.432. The summed E-state index contributed by atoms with van der Waals surface area (Å²) in [5.74, 6) is -3.72. The number of hydrogen-bond acceptors (Lipinski definition) is 7. The second-order valence-electron chi connectivity index (χ2n) is 15.9. The van der Waals surface area contributed by atoms with Gasteiger partial charge < -0.3 is 24.9 Å². The zero-order valence-electron chi connectivity index (χ0n) is 32.2. The van der Waals surface area contributed by atoms with Crippen molar-refractivity contribution in [1.29, 1.82) is 0 Å². The molecule has 1 aliphatic carbocycles. The number of benzene rings is 3. The van der Waals surface area contributed by atoms with Crippen molar-refractivity contribution in [3.8, 4) is 5.75 Å². The number of allylic oxidation sites excluding steroid dienone is 1. The molecule has 0 bridgehead atoms. The summed E-state index contributed by atoms with van der Waals surface area (Å²) in [6.07, 6.45) is 3.34. The number of halogens is 1. The monoisotopic (exact) mass is 831 g/mol. The van der Waals surface area contributed by atoms with E-state index in [9.17, 15) is 29.7 Å². The molecule has 2 amide bonds. The molecular formula is C44H54BrNO8Si. The molecule has 4 N–H and O–H groups in total. The Kier molecular flexibility index (Phi) is 14.1. The van der Waals surface area contributed by atoms with Crippen LogP contribution in [0.4, 0.5) is 0 Å². The van der Waals surface area contributed by atoms with Gasteiger partial charge in [0.1, 0.15) is 5.75 Å². The zero-order valence-corrected chi connectivity index (χ0v) is 34.8. The lowest BCUT2D eigenvalue weighted by Crippen LogP contribution is -2.66. The molecule has 294 valence electrons. The van der Waals surface area contributed by atoms with E-state index in [0.717, 1.165) is 26.0 Å². The van der Waals surface area contributed by atoms with Crippen LogP contribution < -0.4 is 10.4 Å². The molecule has 5 rings (SSSR count). The molecule has 0 aromatic heterocycles. The molecule has 3 aromatic rings. The number of rotatable bonds is 17. The van der Waals surface area contributed by atoms with E-state index in [1.807, 2.05) is 55.5 Å². The van der Waals surface area contributed by atoms with Crippen molar-refractivity contribution in [2.24, 2.45) is 17.8 Å². The highest BCUT2D eigenvalue weighted by Gasteiger charge is 2.56. The molecule has 0 saturated carbocycles. The number of amides is 2. The number of hydrogen-bond donors (Lipinski definition) is 4. The summed E-state index contributed by atoms with van der Waals surface area (Å²) in [7, 11) is -3.05. The predicted octanol–water partition coefficient (Wildman–Crippen LogP) is 6.83. The number of aliphatic hydroxyl groups is 2. The smallest absolute Gasteiger partial charge is 0.303 e. The molecule has 1 heterocycles. The Labute approximate surface area is 334 Å². The molecule has 2 aliphatic rings. The van der Waals surface area contributed by atoms with E-state index < -0.39 is 44.8 Å². The van der Waals surface area contributed by atoms with Gasteiger partial charge in [0.2, 0.25) is 11.8 Å². The highest BCUT2D eigenvalue weighted by atomic mass is 79.9. The first-order valence-electron chi connectivity index (χ1n) is 19.2. The Hall–Kier alpha value is -3.87. The van der Waals surface area contributed by atoms with Crippen molar-refractivity contribution in [2.45, 2.75) is 83.8 Å². The minimum absolute atomic E-state index is 0.0261. The number of likely N-dealkylation sites (tertiary alicyclic amines) is 1. The maximum absolute atomic E-state index is 14.0. The van der Waals surface area contributed by atoms with Crippen molar-refractivity contribution in [1.82, 2.24) is 4.90 Å². The van der Waals surface area contributed by atoms with Crippen molar-refractivity contribution >= 4 is 58.5 Å². The Morgan fingerprint density at radius 2 is 1.60 bits per heavy atom. The van der Waals surface area contributed by atoms with E-state index in [-0.39, 0.29) is 48.6 Å². The highest BCUT2D eigenvalue weighted by molar-refractivity contribution is 9.10. The van der Waals surface area contributed by atoms with Crippen LogP contribution in [0.5, 0.6) is 5.75 Å². The molecule has 1 saturated heterocycles. The summed E-state index contributed by atoms with van der Waals surface area (Å²) in [6.45, 7) is 8.34. The van der Waals surface area contributed by atoms with Crippen LogP contribution >= 0.6 is 15.9 Å². The first kappa shape index (κ1) is 42.3. The van der Waals surface area contributed by atoms with Crippen LogP contribution in [0.15, 0.2) is 100 Å². The van der Waals surface area contributed by atoms with E-state index in [4.69, 9.17) is 9.53 Å². The average Bonchev–Trinajstić information content (AvgIpc) is 3.39. The van der Waals surface area contributed by atoms with Crippen LogP contribution in [0.1, 0.15) is 78.2 Å². The maximum Gasteiger partial charge on any atom is 0.303 e. The largest absolute Gasteiger partial charge is 0.507 e. The number of carboxylic acids is 1. The van der Waals surface area contributed by atoms with Gasteiger partial charge in [-0.2, -0.15) is 0 Å². The molecule has 1 aliphatic heterocycles. The van der Waals surface area contributed by atoms with Crippen molar-refractivity contribution in [3.05, 3.63) is 106 Å². The van der Waals surface area contributed by atoms with E-state index in [2.05, 4.69) is 61.0 Å². The summed E-state index contributed by atoms with van der Waals surface area (Å²) in [4.78, 5) is 40.4. The second-order valence-corrected chi connectivity index (χ2v) is 21.1. The lowest BCUT2D eigenvalue weighted by molar-refractivity contribution is -0.141. The van der Waals surface area contributed by atoms with Gasteiger partial charge in [-0.25, -0.2) is 0 Å². The predicted molar refractivity (Wildman–Crippen MR) is 220 cm³/mol. The number of aliphatic hydroxyl groups excluding tert-OH is 2. The summed E-state index contributed by atoms with van der Waals surface area (Å²) in [5, 5.41) is 44.4. The van der Waals surface area contributed by atoms with Gasteiger partial charge in [-0.3, -0.25) is 19.3 Å². The number of aliphatic carboxylic acids is 1. The second kappa shape index (κ2) is 18.4. The number of phenolic OH excluding ortho intramolecular Hbond substituents is 1. The molecule has 0 spiro atoms. The lowest BCUT2D eigenvalue weighted by atomic mass is 9.68. The van der Waals surface area contributed by atoms with Crippen molar-refractivity contribution < 1.29 is 39.2 Å². The Morgan fingerprint density at radius 3 is 2.18 bits per heavy atom. The average molecular weight is 833 g/mol. The number of phenols is 1. The van der Waals surface area contributed by atoms with E-state index in [0.29, 0.717) is 43.2 Å². The number of nitrogens with zero attached hydrogens (tertiary/aromatic N) is 1. The quantitative estimate of drug-likeness (QED) is 0.0502. The van der Waals surface area contributed by atoms with Gasteiger partial charge in [-0.15, -0.1) is 0 Å². The molecule has 9 nitrogen and oxygen atoms in total. The van der Waals surface area contributed by atoms with Gasteiger partial charge in [0.15, 0.2) is 0 Å². The van der Waals surface area contributed by atoms with Crippen LogP contribution in [0.25, 0.3) is 6.08 Å². The molecule has 0 unspecified atom stereocenters. The minimum atomic E-state index is -3.05. The van der Waals surface area contributed by atoms with Crippen LogP contribution in [0.3, 0.4) is 0 Å². The van der Waals surface area contributed by atoms with E-state index in [1.54, 1.807) is 12.1 Å². The third kappa shape index (κ3) is 9.40. The number of imide groups is 1. The summed E-state index contributed by atoms with van der Waals surface area (Å²) < 4.78 is 8.17. The van der Waals surface area contributed by atoms with Gasteiger partial charge in [-0.1, -0.05) is 115 Å². The third-order valence-electron chi connectivity index (χ3n) is 11.2. The van der Waals surface area contributed by atoms with Crippen molar-refractivity contribution in [3.63, 3.8) is 0 Å². The molecule has 11 heteroatoms. The first-order valence-corrected chi connectivity index (χ1v) is 21.9. The lowest BCUT2D eigenvalue weighted by Gasteiger charge is -2.44. The van der Waals surface area contributed by atoms with Crippen LogP contribution in [0.2, 0.25) is 5.04 Å². The molecule has 4 atom stereocenters. The molecule has 3 aromatic carbocycles. The summed E-state index contributed by atoms with van der Waals surface area (Å²) in [6, 6.07) is 25.6. The van der Waals surface area contributed by atoms with Crippen LogP contribution in [-0.2, 0) is 18.8 Å². The SMILES string of the molecule is C/C(=C\c1cc(Br)ccc1O)CC[C@@H](O)C1=C(CO[Si](c2ccccc2)(c2ccccc2)C(C)(C)C)C[C@H]2C(=O)N(CCCCCC(=O)O)C(=O)[C@H]2[C@H]1CO. The third-order valence-corrected chi connectivity index (χ3v) is 16.7. The summed E-state index contributed by atoms with van der Waals surface area (Å²) in [5.41, 5.74) is 2.86. The van der Waals surface area contributed by atoms with E-state index >= 15 is 0 Å². The molecule has 0 radical (unpaired) electrons. The zero-order chi connectivity index (χ0) is 39.9. The highest BCUT2D eigenvalue weighted by Crippen LogP contribution is 2.47. The van der Waals surface area contributed by atoms with Gasteiger partial charge in [-0.05, 0) is 83.8 Å². The number of carboxylic acid groups (broad SMARTS) is 1. The van der Waals surface area contributed by atoms with Gasteiger partial charge in [0.25, 0.3) is 8.32 Å².